The van der Waals surface area contributed by atoms with E-state index in [0.29, 0.717) is 32.1 Å². The summed E-state index contributed by atoms with van der Waals surface area (Å²) in [6.45, 7) is 1.35. The van der Waals surface area contributed by atoms with Gasteiger partial charge in [0.15, 0.2) is 0 Å². The van der Waals surface area contributed by atoms with Gasteiger partial charge in [0.1, 0.15) is 0 Å². The number of ether oxygens (including phenoxy) is 1. The number of nitrogens with one attached hydrogen (secondary N) is 3. The normalized spacial score (nSPS) is 11.0. The van der Waals surface area contributed by atoms with Gasteiger partial charge in [-0.2, -0.15) is 0 Å². The largest absolute Gasteiger partial charge is 0.383 e. The first kappa shape index (κ1) is 15.9. The van der Waals surface area contributed by atoms with E-state index < -0.39 is 0 Å². The Kier molecular flexibility index (Phi) is 7.78. The number of amides is 1. The molecule has 1 aromatic rings. The minimum Gasteiger partial charge on any atom is -0.383 e. The Morgan fingerprint density at radius 2 is 2.10 bits per heavy atom. The molecule has 0 aromatic heterocycles. The predicted molar refractivity (Wildman–Crippen MR) is 79.2 cm³/mol. The lowest BCUT2D eigenvalue weighted by molar-refractivity contribution is -0.121. The van der Waals surface area contributed by atoms with Crippen LogP contribution in [0.4, 0.5) is 5.69 Å². The third-order valence-electron chi connectivity index (χ3n) is 2.41. The summed E-state index contributed by atoms with van der Waals surface area (Å²) in [6.07, 6.45) is 0.297. The Balaban J connectivity index is 2.33. The molecule has 20 heavy (non-hydrogen) atoms. The number of anilines is 1. The number of hydrazine groups is 1. The molecule has 0 radical (unpaired) electrons. The van der Waals surface area contributed by atoms with Crippen LogP contribution in [-0.4, -0.2) is 38.7 Å². The van der Waals surface area contributed by atoms with E-state index in [1.807, 2.05) is 30.3 Å². The molecule has 7 nitrogen and oxygen atoms in total. The lowest BCUT2D eigenvalue weighted by Gasteiger charge is -2.09. The minimum atomic E-state index is -0.0677. The van der Waals surface area contributed by atoms with Crippen molar-refractivity contribution in [3.63, 3.8) is 0 Å². The van der Waals surface area contributed by atoms with E-state index in [1.54, 1.807) is 7.11 Å². The zero-order chi connectivity index (χ0) is 14.6. The van der Waals surface area contributed by atoms with Crippen molar-refractivity contribution in [2.75, 3.05) is 32.1 Å². The third kappa shape index (κ3) is 6.72. The molecule has 0 aliphatic rings. The van der Waals surface area contributed by atoms with Crippen LogP contribution in [-0.2, 0) is 9.53 Å². The molecule has 7 heteroatoms. The smallest absolute Gasteiger partial charge is 0.221 e. The topological polar surface area (TPSA) is 101 Å². The van der Waals surface area contributed by atoms with Gasteiger partial charge in [-0.1, -0.05) is 18.2 Å². The van der Waals surface area contributed by atoms with Crippen LogP contribution in [0.5, 0.6) is 0 Å². The van der Waals surface area contributed by atoms with Gasteiger partial charge < -0.3 is 15.4 Å². The van der Waals surface area contributed by atoms with E-state index in [-0.39, 0.29) is 5.91 Å². The first-order valence-electron chi connectivity index (χ1n) is 6.35. The monoisotopic (exact) mass is 279 g/mol. The highest BCUT2D eigenvalue weighted by Crippen LogP contribution is 2.04. The van der Waals surface area contributed by atoms with Gasteiger partial charge in [-0.25, -0.2) is 5.84 Å². The van der Waals surface area contributed by atoms with Crippen LogP contribution in [0.1, 0.15) is 6.42 Å². The van der Waals surface area contributed by atoms with Crippen LogP contribution >= 0.6 is 0 Å². The highest BCUT2D eigenvalue weighted by molar-refractivity contribution is 5.93. The molecule has 0 unspecified atom stereocenters. The number of carbonyl (C=O) groups is 1. The summed E-state index contributed by atoms with van der Waals surface area (Å²) in [5, 5.41) is 5.74. The highest BCUT2D eigenvalue weighted by Gasteiger charge is 2.01. The molecule has 5 N–H and O–H groups in total. The van der Waals surface area contributed by atoms with E-state index >= 15 is 0 Å². The van der Waals surface area contributed by atoms with E-state index in [0.717, 1.165) is 5.69 Å². The summed E-state index contributed by atoms with van der Waals surface area (Å²) in [6, 6.07) is 9.51. The Labute approximate surface area is 118 Å². The van der Waals surface area contributed by atoms with Gasteiger partial charge in [-0.3, -0.25) is 15.2 Å². The number of nitrogens with zero attached hydrogens (tertiary/aromatic N) is 1. The molecular formula is C13H21N5O2. The molecular weight excluding hydrogens is 258 g/mol. The number of aliphatic imine (C=N–C) groups is 1. The summed E-state index contributed by atoms with van der Waals surface area (Å²) in [4.78, 5) is 15.6. The van der Waals surface area contributed by atoms with Gasteiger partial charge in [-0.15, -0.1) is 0 Å². The minimum absolute atomic E-state index is 0.0677. The summed E-state index contributed by atoms with van der Waals surface area (Å²) in [7, 11) is 1.59. The predicted octanol–water partition coefficient (Wildman–Crippen LogP) is 0.0705. The van der Waals surface area contributed by atoms with Gasteiger partial charge in [0, 0.05) is 25.8 Å². The van der Waals surface area contributed by atoms with E-state index in [2.05, 4.69) is 21.1 Å². The van der Waals surface area contributed by atoms with Crippen molar-refractivity contribution in [2.45, 2.75) is 6.42 Å². The second-order valence-corrected chi connectivity index (χ2v) is 3.96. The fraction of sp³-hybridized carbons (Fsp3) is 0.385. The number of nitrogens with two attached hydrogens (primary N) is 1. The van der Waals surface area contributed by atoms with Gasteiger partial charge in [0.05, 0.1) is 13.2 Å². The Morgan fingerprint density at radius 1 is 1.35 bits per heavy atom. The zero-order valence-corrected chi connectivity index (χ0v) is 11.6. The number of hydrogen-bond donors (Lipinski definition) is 4. The molecule has 0 aliphatic carbocycles. The second-order valence-electron chi connectivity index (χ2n) is 3.96. The summed E-state index contributed by atoms with van der Waals surface area (Å²) >= 11 is 0. The van der Waals surface area contributed by atoms with Crippen molar-refractivity contribution in [2.24, 2.45) is 10.8 Å². The first-order valence-corrected chi connectivity index (χ1v) is 6.35. The fourth-order valence-corrected chi connectivity index (χ4v) is 1.43. The molecule has 0 atom stereocenters. The van der Waals surface area contributed by atoms with Crippen molar-refractivity contribution in [3.05, 3.63) is 30.3 Å². The summed E-state index contributed by atoms with van der Waals surface area (Å²) < 4.78 is 4.84. The van der Waals surface area contributed by atoms with Crippen molar-refractivity contribution in [1.82, 2.24) is 10.7 Å². The van der Waals surface area contributed by atoms with Crippen LogP contribution in [0.15, 0.2) is 35.3 Å². The number of benzene rings is 1. The zero-order valence-electron chi connectivity index (χ0n) is 11.6. The Bertz CT molecular complexity index is 422. The maximum absolute atomic E-state index is 11.4. The molecule has 0 heterocycles. The Morgan fingerprint density at radius 3 is 2.75 bits per heavy atom. The number of guanidine groups is 1. The molecule has 0 saturated carbocycles. The van der Waals surface area contributed by atoms with Crippen LogP contribution < -0.4 is 21.9 Å². The molecule has 0 aliphatic heterocycles. The molecule has 0 spiro atoms. The van der Waals surface area contributed by atoms with E-state index in [9.17, 15) is 4.79 Å². The second kappa shape index (κ2) is 9.76. The highest BCUT2D eigenvalue weighted by atomic mass is 16.5. The lowest BCUT2D eigenvalue weighted by Crippen LogP contribution is -2.36. The standard InChI is InChI=1S/C13H21N5O2/c1-20-10-9-15-12(19)7-8-16-13(18-14)17-11-5-3-2-4-6-11/h2-6H,7-10,14H2,1H3,(H,15,19)(H2,16,17,18). The Hall–Kier alpha value is -2.12. The van der Waals surface area contributed by atoms with Gasteiger partial charge in [-0.05, 0) is 12.1 Å². The number of rotatable bonds is 7. The number of para-hydroxylation sites is 1. The maximum atomic E-state index is 11.4. The molecule has 1 rings (SSSR count). The molecule has 0 fully saturated rings. The van der Waals surface area contributed by atoms with E-state index in [4.69, 9.17) is 10.6 Å². The SMILES string of the molecule is COCCNC(=O)CCN=C(NN)Nc1ccccc1. The average molecular weight is 279 g/mol. The number of methoxy groups -OCH3 is 1. The molecule has 110 valence electrons. The average Bonchev–Trinajstić information content (AvgIpc) is 2.47. The van der Waals surface area contributed by atoms with Gasteiger partial charge in [0.2, 0.25) is 11.9 Å². The van der Waals surface area contributed by atoms with Crippen molar-refractivity contribution < 1.29 is 9.53 Å². The number of hydrogen-bond acceptors (Lipinski definition) is 4. The number of carbonyl (C=O) groups excluding carboxylic acids is 1. The molecule has 1 amide bonds. The molecule has 1 aromatic carbocycles. The summed E-state index contributed by atoms with van der Waals surface area (Å²) in [5.74, 6) is 5.73. The van der Waals surface area contributed by atoms with Gasteiger partial charge >= 0.3 is 0 Å². The first-order chi connectivity index (χ1) is 9.76. The van der Waals surface area contributed by atoms with Crippen LogP contribution in [0.2, 0.25) is 0 Å². The quantitative estimate of drug-likeness (QED) is 0.186. The molecule has 0 saturated heterocycles. The molecule has 0 bridgehead atoms. The van der Waals surface area contributed by atoms with E-state index in [1.165, 1.54) is 0 Å². The van der Waals surface area contributed by atoms with Crippen molar-refractivity contribution in [3.8, 4) is 0 Å². The van der Waals surface area contributed by atoms with Crippen LogP contribution in [0.25, 0.3) is 0 Å². The van der Waals surface area contributed by atoms with Crippen molar-refractivity contribution in [1.29, 1.82) is 0 Å². The summed E-state index contributed by atoms with van der Waals surface area (Å²) in [5.41, 5.74) is 3.33. The lowest BCUT2D eigenvalue weighted by atomic mass is 10.3. The fourth-order valence-electron chi connectivity index (χ4n) is 1.43. The van der Waals surface area contributed by atoms with Crippen LogP contribution in [0, 0.1) is 0 Å². The van der Waals surface area contributed by atoms with Crippen LogP contribution in [0.3, 0.4) is 0 Å². The van der Waals surface area contributed by atoms with Gasteiger partial charge in [0.25, 0.3) is 0 Å². The maximum Gasteiger partial charge on any atom is 0.221 e. The van der Waals surface area contributed by atoms with Crippen molar-refractivity contribution >= 4 is 17.6 Å². The third-order valence-corrected chi connectivity index (χ3v) is 2.41.